The molecule has 0 radical (unpaired) electrons. The maximum absolute atomic E-state index is 11.6. The first-order valence-electron chi connectivity index (χ1n) is 4.70. The van der Waals surface area contributed by atoms with Crippen LogP contribution in [0.15, 0.2) is 18.3 Å². The summed E-state index contributed by atoms with van der Waals surface area (Å²) in [5.74, 6) is -0.250. The van der Waals surface area contributed by atoms with Crippen LogP contribution in [0.3, 0.4) is 0 Å². The Morgan fingerprint density at radius 1 is 1.73 bits per heavy atom. The van der Waals surface area contributed by atoms with Gasteiger partial charge in [0.1, 0.15) is 5.15 Å². The summed E-state index contributed by atoms with van der Waals surface area (Å²) in [7, 11) is 0. The van der Waals surface area contributed by atoms with Crippen molar-refractivity contribution in [3.05, 3.63) is 29.0 Å². The molecule has 0 saturated heterocycles. The van der Waals surface area contributed by atoms with E-state index in [1.165, 1.54) is 12.3 Å². The van der Waals surface area contributed by atoms with Gasteiger partial charge in [0.05, 0.1) is 12.6 Å². The van der Waals surface area contributed by atoms with E-state index in [4.69, 9.17) is 16.7 Å². The van der Waals surface area contributed by atoms with Crippen LogP contribution < -0.4 is 5.32 Å². The van der Waals surface area contributed by atoms with E-state index in [2.05, 4.69) is 10.3 Å². The Morgan fingerprint density at radius 3 is 3.00 bits per heavy atom. The van der Waals surface area contributed by atoms with Crippen molar-refractivity contribution in [1.82, 2.24) is 10.3 Å². The summed E-state index contributed by atoms with van der Waals surface area (Å²) in [6.07, 6.45) is 2.15. The maximum Gasteiger partial charge on any atom is 0.251 e. The lowest BCUT2D eigenvalue weighted by Crippen LogP contribution is -2.36. The highest BCUT2D eigenvalue weighted by molar-refractivity contribution is 6.29. The highest BCUT2D eigenvalue weighted by Gasteiger charge is 2.11. The second kappa shape index (κ2) is 5.68. The molecule has 0 aromatic carbocycles. The van der Waals surface area contributed by atoms with E-state index in [0.29, 0.717) is 12.0 Å². The van der Waals surface area contributed by atoms with Gasteiger partial charge in [-0.2, -0.15) is 0 Å². The molecule has 1 aromatic heterocycles. The van der Waals surface area contributed by atoms with Crippen molar-refractivity contribution in [2.45, 2.75) is 19.4 Å². The van der Waals surface area contributed by atoms with Crippen molar-refractivity contribution in [3.63, 3.8) is 0 Å². The molecule has 0 aliphatic rings. The number of pyridine rings is 1. The maximum atomic E-state index is 11.6. The molecule has 82 valence electrons. The van der Waals surface area contributed by atoms with Gasteiger partial charge in [0, 0.05) is 11.8 Å². The van der Waals surface area contributed by atoms with Crippen LogP contribution in [-0.4, -0.2) is 28.6 Å². The topological polar surface area (TPSA) is 62.2 Å². The Hall–Kier alpha value is -1.13. The third kappa shape index (κ3) is 3.49. The molecular formula is C10H13ClN2O2. The first kappa shape index (κ1) is 11.9. The van der Waals surface area contributed by atoms with Crippen molar-refractivity contribution >= 4 is 17.5 Å². The number of nitrogens with one attached hydrogen (secondary N) is 1. The molecular weight excluding hydrogens is 216 g/mol. The summed E-state index contributed by atoms with van der Waals surface area (Å²) in [6, 6.07) is 2.84. The highest BCUT2D eigenvalue weighted by atomic mass is 35.5. The van der Waals surface area contributed by atoms with Gasteiger partial charge in [-0.1, -0.05) is 18.5 Å². The number of carbonyl (C=O) groups is 1. The van der Waals surface area contributed by atoms with Crippen molar-refractivity contribution in [2.75, 3.05) is 6.61 Å². The van der Waals surface area contributed by atoms with Gasteiger partial charge in [0.15, 0.2) is 0 Å². The number of amides is 1. The van der Waals surface area contributed by atoms with Crippen LogP contribution in [0.5, 0.6) is 0 Å². The van der Waals surface area contributed by atoms with Crippen LogP contribution in [0.25, 0.3) is 0 Å². The Morgan fingerprint density at radius 2 is 2.47 bits per heavy atom. The van der Waals surface area contributed by atoms with Gasteiger partial charge < -0.3 is 10.4 Å². The van der Waals surface area contributed by atoms with Crippen molar-refractivity contribution in [2.24, 2.45) is 0 Å². The zero-order chi connectivity index (χ0) is 11.3. The summed E-state index contributed by atoms with van der Waals surface area (Å²) < 4.78 is 0. The number of nitrogens with zero attached hydrogens (tertiary/aromatic N) is 1. The molecule has 1 rings (SSSR count). The number of carbonyl (C=O) groups excluding carboxylic acids is 1. The number of rotatable bonds is 4. The van der Waals surface area contributed by atoms with Crippen molar-refractivity contribution in [3.8, 4) is 0 Å². The molecule has 5 heteroatoms. The lowest BCUT2D eigenvalue weighted by Gasteiger charge is -2.13. The van der Waals surface area contributed by atoms with Crippen molar-refractivity contribution in [1.29, 1.82) is 0 Å². The quantitative estimate of drug-likeness (QED) is 0.763. The van der Waals surface area contributed by atoms with E-state index in [1.807, 2.05) is 6.92 Å². The minimum Gasteiger partial charge on any atom is -0.394 e. The summed E-state index contributed by atoms with van der Waals surface area (Å²) in [5, 5.41) is 11.9. The van der Waals surface area contributed by atoms with Crippen LogP contribution >= 0.6 is 11.6 Å². The predicted octanol–water partition coefficient (Wildman–Crippen LogP) is 1.24. The average molecular weight is 229 g/mol. The number of aliphatic hydroxyl groups excluding tert-OH is 1. The van der Waals surface area contributed by atoms with E-state index in [9.17, 15) is 4.79 Å². The molecule has 15 heavy (non-hydrogen) atoms. The van der Waals surface area contributed by atoms with Crippen LogP contribution in [0.4, 0.5) is 0 Å². The zero-order valence-corrected chi connectivity index (χ0v) is 9.16. The molecule has 1 aromatic rings. The lowest BCUT2D eigenvalue weighted by molar-refractivity contribution is 0.0915. The molecule has 4 nitrogen and oxygen atoms in total. The molecule has 0 saturated carbocycles. The smallest absolute Gasteiger partial charge is 0.251 e. The Labute approximate surface area is 93.3 Å². The highest BCUT2D eigenvalue weighted by Crippen LogP contribution is 2.07. The van der Waals surface area contributed by atoms with E-state index >= 15 is 0 Å². The summed E-state index contributed by atoms with van der Waals surface area (Å²) in [4.78, 5) is 15.4. The van der Waals surface area contributed by atoms with Crippen molar-refractivity contribution < 1.29 is 9.90 Å². The van der Waals surface area contributed by atoms with Gasteiger partial charge in [0.25, 0.3) is 5.91 Å². The first-order valence-corrected chi connectivity index (χ1v) is 5.08. The predicted molar refractivity (Wildman–Crippen MR) is 57.9 cm³/mol. The molecule has 0 fully saturated rings. The third-order valence-corrected chi connectivity index (χ3v) is 2.24. The number of aliphatic hydroxyl groups is 1. The second-order valence-electron chi connectivity index (χ2n) is 3.13. The van der Waals surface area contributed by atoms with E-state index in [1.54, 1.807) is 6.07 Å². The molecule has 0 unspecified atom stereocenters. The number of hydrogen-bond donors (Lipinski definition) is 2. The molecule has 0 bridgehead atoms. The van der Waals surface area contributed by atoms with Gasteiger partial charge in [-0.05, 0) is 18.6 Å². The second-order valence-corrected chi connectivity index (χ2v) is 3.52. The van der Waals surface area contributed by atoms with Gasteiger partial charge in [0.2, 0.25) is 0 Å². The molecule has 0 spiro atoms. The molecule has 2 N–H and O–H groups in total. The lowest BCUT2D eigenvalue weighted by atomic mass is 10.2. The van der Waals surface area contributed by atoms with Crippen LogP contribution in [0.1, 0.15) is 23.7 Å². The third-order valence-electron chi connectivity index (χ3n) is 2.04. The standard InChI is InChI=1S/C10H13ClN2O2/c1-2-8(6-14)13-10(15)7-3-4-12-9(11)5-7/h3-5,8,14H,2,6H2,1H3,(H,13,15)/t8-/m1/s1. The molecule has 0 aliphatic heterocycles. The fraction of sp³-hybridized carbons (Fsp3) is 0.400. The van der Waals surface area contributed by atoms with Gasteiger partial charge in [-0.25, -0.2) is 4.98 Å². The Bertz CT molecular complexity index is 340. The minimum absolute atomic E-state index is 0.0684. The SMILES string of the molecule is CC[C@H](CO)NC(=O)c1ccnc(Cl)c1. The molecule has 1 atom stereocenters. The Kier molecular flexibility index (Phi) is 4.52. The summed E-state index contributed by atoms with van der Waals surface area (Å²) in [5.41, 5.74) is 0.446. The molecule has 1 heterocycles. The minimum atomic E-state index is -0.250. The van der Waals surface area contributed by atoms with E-state index in [-0.39, 0.29) is 23.7 Å². The fourth-order valence-corrected chi connectivity index (χ4v) is 1.26. The van der Waals surface area contributed by atoms with Crippen LogP contribution in [-0.2, 0) is 0 Å². The van der Waals surface area contributed by atoms with Gasteiger partial charge in [-0.3, -0.25) is 4.79 Å². The number of hydrogen-bond acceptors (Lipinski definition) is 3. The van der Waals surface area contributed by atoms with Gasteiger partial charge in [-0.15, -0.1) is 0 Å². The summed E-state index contributed by atoms with van der Waals surface area (Å²) >= 11 is 5.65. The van der Waals surface area contributed by atoms with E-state index in [0.717, 1.165) is 0 Å². The molecule has 0 aliphatic carbocycles. The largest absolute Gasteiger partial charge is 0.394 e. The zero-order valence-electron chi connectivity index (χ0n) is 8.40. The van der Waals surface area contributed by atoms with E-state index < -0.39 is 0 Å². The fourth-order valence-electron chi connectivity index (χ4n) is 1.09. The van der Waals surface area contributed by atoms with Gasteiger partial charge >= 0.3 is 0 Å². The molecule has 1 amide bonds. The summed E-state index contributed by atoms with van der Waals surface area (Å²) in [6.45, 7) is 1.82. The van der Waals surface area contributed by atoms with Crippen LogP contribution in [0.2, 0.25) is 5.15 Å². The van der Waals surface area contributed by atoms with Crippen LogP contribution in [0, 0.1) is 0 Å². The Balaban J connectivity index is 2.68. The monoisotopic (exact) mass is 228 g/mol. The average Bonchev–Trinajstić information content (AvgIpc) is 2.25. The first-order chi connectivity index (χ1) is 7.17. The number of halogens is 1. The number of aromatic nitrogens is 1. The normalized spacial score (nSPS) is 12.2.